The summed E-state index contributed by atoms with van der Waals surface area (Å²) in [5.74, 6) is 0. The van der Waals surface area contributed by atoms with Crippen LogP contribution in [0.5, 0.6) is 0 Å². The second kappa shape index (κ2) is 8.03. The number of fused-ring (bicyclic) bond motifs is 1. The summed E-state index contributed by atoms with van der Waals surface area (Å²) in [4.78, 5) is 0. The number of benzene rings is 2. The summed E-state index contributed by atoms with van der Waals surface area (Å²) in [5.41, 5.74) is 1.41. The van der Waals surface area contributed by atoms with Crippen LogP contribution in [0, 0.1) is 0 Å². The highest BCUT2D eigenvalue weighted by atomic mass is 15.0. The fourth-order valence-electron chi connectivity index (χ4n) is 2.42. The van der Waals surface area contributed by atoms with Gasteiger partial charge in [0.25, 0.3) is 0 Å². The first-order chi connectivity index (χ1) is 9.79. The third kappa shape index (κ3) is 4.62. The second-order valence-electron chi connectivity index (χ2n) is 5.49. The summed E-state index contributed by atoms with van der Waals surface area (Å²) in [7, 11) is 0. The van der Waals surface area contributed by atoms with Crippen molar-refractivity contribution in [3.05, 3.63) is 48.0 Å². The molecule has 0 aromatic heterocycles. The lowest BCUT2D eigenvalue weighted by Gasteiger charge is -2.14. The Hall–Kier alpha value is -1.38. The molecular formula is C18H26N2. The lowest BCUT2D eigenvalue weighted by Crippen LogP contribution is -2.37. The molecule has 20 heavy (non-hydrogen) atoms. The molecule has 1 unspecified atom stereocenters. The van der Waals surface area contributed by atoms with Gasteiger partial charge in [-0.25, -0.2) is 0 Å². The molecule has 0 saturated carbocycles. The van der Waals surface area contributed by atoms with Crippen molar-refractivity contribution >= 4 is 10.8 Å². The van der Waals surface area contributed by atoms with Crippen LogP contribution in [0.15, 0.2) is 42.5 Å². The Morgan fingerprint density at radius 2 is 1.80 bits per heavy atom. The topological polar surface area (TPSA) is 24.1 Å². The summed E-state index contributed by atoms with van der Waals surface area (Å²) < 4.78 is 0. The van der Waals surface area contributed by atoms with Crippen LogP contribution in [0.2, 0.25) is 0 Å². The fraction of sp³-hybridized carbons (Fsp3) is 0.444. The van der Waals surface area contributed by atoms with E-state index in [1.165, 1.54) is 22.8 Å². The van der Waals surface area contributed by atoms with Crippen LogP contribution in [0.4, 0.5) is 0 Å². The first kappa shape index (κ1) is 15.0. The molecule has 2 N–H and O–H groups in total. The summed E-state index contributed by atoms with van der Waals surface area (Å²) in [6.45, 7) is 7.63. The second-order valence-corrected chi connectivity index (χ2v) is 5.49. The summed E-state index contributed by atoms with van der Waals surface area (Å²) >= 11 is 0. The minimum atomic E-state index is 0.530. The van der Waals surface area contributed by atoms with E-state index >= 15 is 0 Å². The Kier molecular flexibility index (Phi) is 6.03. The predicted octanol–water partition coefficient (Wildman–Crippen LogP) is 3.36. The number of rotatable bonds is 8. The number of hydrogen-bond donors (Lipinski definition) is 2. The number of nitrogens with one attached hydrogen (secondary N) is 2. The molecule has 1 atom stereocenters. The van der Waals surface area contributed by atoms with Gasteiger partial charge < -0.3 is 10.6 Å². The fourth-order valence-corrected chi connectivity index (χ4v) is 2.42. The highest BCUT2D eigenvalue weighted by molar-refractivity contribution is 5.82. The molecule has 0 aliphatic rings. The monoisotopic (exact) mass is 270 g/mol. The Morgan fingerprint density at radius 3 is 2.60 bits per heavy atom. The van der Waals surface area contributed by atoms with E-state index in [1.807, 2.05) is 0 Å². The molecule has 0 radical (unpaired) electrons. The van der Waals surface area contributed by atoms with Gasteiger partial charge in [-0.15, -0.1) is 0 Å². The van der Waals surface area contributed by atoms with Gasteiger partial charge in [0.1, 0.15) is 0 Å². The lowest BCUT2D eigenvalue weighted by atomic mass is 10.1. The van der Waals surface area contributed by atoms with Crippen molar-refractivity contribution in [3.63, 3.8) is 0 Å². The van der Waals surface area contributed by atoms with Crippen LogP contribution in [0.1, 0.15) is 25.8 Å². The molecule has 2 nitrogen and oxygen atoms in total. The van der Waals surface area contributed by atoms with Crippen LogP contribution in [0.3, 0.4) is 0 Å². The average Bonchev–Trinajstić information content (AvgIpc) is 2.47. The van der Waals surface area contributed by atoms with Crippen LogP contribution in [-0.2, 0) is 6.42 Å². The van der Waals surface area contributed by atoms with E-state index in [2.05, 4.69) is 66.9 Å². The van der Waals surface area contributed by atoms with Crippen molar-refractivity contribution in [3.8, 4) is 0 Å². The van der Waals surface area contributed by atoms with Crippen LogP contribution in [-0.4, -0.2) is 25.7 Å². The van der Waals surface area contributed by atoms with Crippen molar-refractivity contribution in [1.29, 1.82) is 0 Å². The van der Waals surface area contributed by atoms with Crippen LogP contribution in [0.25, 0.3) is 10.8 Å². The van der Waals surface area contributed by atoms with Gasteiger partial charge in [-0.3, -0.25) is 0 Å². The Balaban J connectivity index is 1.78. The van der Waals surface area contributed by atoms with Crippen LogP contribution >= 0.6 is 0 Å². The normalized spacial score (nSPS) is 12.7. The number of hydrogen-bond acceptors (Lipinski definition) is 2. The smallest absolute Gasteiger partial charge is 0.0164 e. The Bertz CT molecular complexity index is 522. The molecule has 2 heteroatoms. The van der Waals surface area contributed by atoms with E-state index in [0.29, 0.717) is 6.04 Å². The van der Waals surface area contributed by atoms with Gasteiger partial charge in [-0.1, -0.05) is 49.4 Å². The Labute approximate surface area is 122 Å². The quantitative estimate of drug-likeness (QED) is 0.719. The molecule has 0 heterocycles. The molecular weight excluding hydrogens is 244 g/mol. The third-order valence-corrected chi connectivity index (χ3v) is 3.60. The van der Waals surface area contributed by atoms with E-state index in [1.54, 1.807) is 0 Å². The lowest BCUT2D eigenvalue weighted by molar-refractivity contribution is 0.504. The zero-order valence-corrected chi connectivity index (χ0v) is 12.7. The van der Waals surface area contributed by atoms with Gasteiger partial charge in [-0.2, -0.15) is 0 Å². The Morgan fingerprint density at radius 1 is 1.00 bits per heavy atom. The van der Waals surface area contributed by atoms with Crippen molar-refractivity contribution < 1.29 is 0 Å². The summed E-state index contributed by atoms with van der Waals surface area (Å²) in [6.07, 6.45) is 2.28. The van der Waals surface area contributed by atoms with Gasteiger partial charge >= 0.3 is 0 Å². The van der Waals surface area contributed by atoms with Gasteiger partial charge in [0.15, 0.2) is 0 Å². The standard InChI is InChI=1S/C18H26N2/c1-3-11-19-14-15(2)20-12-10-16-8-9-17-6-4-5-7-18(17)13-16/h4-9,13,15,19-20H,3,10-12,14H2,1-2H3. The van der Waals surface area contributed by atoms with Crippen molar-refractivity contribution in [2.45, 2.75) is 32.7 Å². The van der Waals surface area contributed by atoms with E-state index in [4.69, 9.17) is 0 Å². The third-order valence-electron chi connectivity index (χ3n) is 3.60. The van der Waals surface area contributed by atoms with E-state index in [-0.39, 0.29) is 0 Å². The largest absolute Gasteiger partial charge is 0.315 e. The molecule has 0 aliphatic carbocycles. The maximum absolute atomic E-state index is 3.58. The highest BCUT2D eigenvalue weighted by Crippen LogP contribution is 2.15. The van der Waals surface area contributed by atoms with E-state index in [0.717, 1.165) is 26.1 Å². The zero-order valence-electron chi connectivity index (χ0n) is 12.7. The molecule has 0 aliphatic heterocycles. The molecule has 2 aromatic rings. The maximum atomic E-state index is 3.58. The first-order valence-electron chi connectivity index (χ1n) is 7.71. The molecule has 108 valence electrons. The molecule has 0 saturated heterocycles. The van der Waals surface area contributed by atoms with Crippen LogP contribution < -0.4 is 10.6 Å². The SMILES string of the molecule is CCCNCC(C)NCCc1ccc2ccccc2c1. The van der Waals surface area contributed by atoms with Crippen molar-refractivity contribution in [2.24, 2.45) is 0 Å². The van der Waals surface area contributed by atoms with E-state index < -0.39 is 0 Å². The molecule has 2 aromatic carbocycles. The molecule has 0 fully saturated rings. The highest BCUT2D eigenvalue weighted by Gasteiger charge is 2.01. The molecule has 0 amide bonds. The summed E-state index contributed by atoms with van der Waals surface area (Å²) in [5, 5.41) is 9.68. The first-order valence-corrected chi connectivity index (χ1v) is 7.71. The predicted molar refractivity (Wildman–Crippen MR) is 88.3 cm³/mol. The summed E-state index contributed by atoms with van der Waals surface area (Å²) in [6, 6.07) is 15.8. The van der Waals surface area contributed by atoms with Crippen molar-refractivity contribution in [2.75, 3.05) is 19.6 Å². The molecule has 0 bridgehead atoms. The van der Waals surface area contributed by atoms with Crippen molar-refractivity contribution in [1.82, 2.24) is 10.6 Å². The van der Waals surface area contributed by atoms with Gasteiger partial charge in [0.2, 0.25) is 0 Å². The molecule has 2 rings (SSSR count). The van der Waals surface area contributed by atoms with Gasteiger partial charge in [0.05, 0.1) is 0 Å². The van der Waals surface area contributed by atoms with Gasteiger partial charge in [0, 0.05) is 12.6 Å². The molecule has 0 spiro atoms. The average molecular weight is 270 g/mol. The van der Waals surface area contributed by atoms with E-state index in [9.17, 15) is 0 Å². The minimum Gasteiger partial charge on any atom is -0.315 e. The van der Waals surface area contributed by atoms with Gasteiger partial charge in [-0.05, 0) is 49.2 Å². The maximum Gasteiger partial charge on any atom is 0.0164 e. The minimum absolute atomic E-state index is 0.530. The zero-order chi connectivity index (χ0) is 14.2.